The van der Waals surface area contributed by atoms with Crippen molar-refractivity contribution in [3.63, 3.8) is 0 Å². The van der Waals surface area contributed by atoms with E-state index >= 15 is 0 Å². The number of nitrogens with zero attached hydrogens (tertiary/aromatic N) is 1. The molecule has 2 rings (SSSR count). The number of hydrogen-bond donors (Lipinski definition) is 0. The molecule has 0 saturated carbocycles. The van der Waals surface area contributed by atoms with Gasteiger partial charge in [-0.05, 0) is 17.9 Å². The van der Waals surface area contributed by atoms with Crippen LogP contribution in [0.15, 0.2) is 29.6 Å². The van der Waals surface area contributed by atoms with Crippen LogP contribution in [-0.2, 0) is 12.3 Å². The van der Waals surface area contributed by atoms with Gasteiger partial charge in [0.1, 0.15) is 5.01 Å². The Kier molecular flexibility index (Phi) is 4.19. The van der Waals surface area contributed by atoms with E-state index in [9.17, 15) is 0 Å². The molecule has 0 bridgehead atoms. The molecule has 0 fully saturated rings. The molecule has 0 atom stereocenters. The van der Waals surface area contributed by atoms with Crippen molar-refractivity contribution in [1.82, 2.24) is 4.98 Å². The maximum atomic E-state index is 5.75. The molecule has 2 aromatic rings. The van der Waals surface area contributed by atoms with Gasteiger partial charge < -0.3 is 0 Å². The first kappa shape index (κ1) is 12.6. The Labute approximate surface area is 111 Å². The van der Waals surface area contributed by atoms with Crippen molar-refractivity contribution in [3.05, 3.63) is 40.9 Å². The molecule has 0 saturated heterocycles. The van der Waals surface area contributed by atoms with Gasteiger partial charge in [-0.1, -0.05) is 38.1 Å². The van der Waals surface area contributed by atoms with Crippen LogP contribution in [0.2, 0.25) is 0 Å². The topological polar surface area (TPSA) is 12.9 Å². The summed E-state index contributed by atoms with van der Waals surface area (Å²) in [5, 5.41) is 3.07. The van der Waals surface area contributed by atoms with E-state index < -0.39 is 0 Å². The van der Waals surface area contributed by atoms with Gasteiger partial charge in [-0.15, -0.1) is 22.9 Å². The van der Waals surface area contributed by atoms with Crippen LogP contribution in [0.25, 0.3) is 10.6 Å². The monoisotopic (exact) mass is 265 g/mol. The average Bonchev–Trinajstić information content (AvgIpc) is 2.78. The molecule has 0 unspecified atom stereocenters. The predicted octanol–water partition coefficient (Wildman–Crippen LogP) is 4.75. The molecule has 90 valence electrons. The maximum Gasteiger partial charge on any atom is 0.123 e. The van der Waals surface area contributed by atoms with E-state index in [2.05, 4.69) is 43.1 Å². The third kappa shape index (κ3) is 3.30. The molecule has 0 aliphatic heterocycles. The average molecular weight is 266 g/mol. The molecule has 1 aromatic heterocycles. The second-order valence-corrected chi connectivity index (χ2v) is 5.70. The fourth-order valence-electron chi connectivity index (χ4n) is 1.76. The standard InChI is InChI=1S/C14H16ClNS/c1-10(2)7-11-3-5-12(6-4-11)14-16-13(8-15)9-17-14/h3-6,9-10H,7-8H2,1-2H3. The van der Waals surface area contributed by atoms with Crippen molar-refractivity contribution in [1.29, 1.82) is 0 Å². The number of benzene rings is 1. The Morgan fingerprint density at radius 1 is 1.24 bits per heavy atom. The van der Waals surface area contributed by atoms with E-state index in [0.29, 0.717) is 11.8 Å². The lowest BCUT2D eigenvalue weighted by molar-refractivity contribution is 0.647. The molecule has 0 aliphatic rings. The summed E-state index contributed by atoms with van der Waals surface area (Å²) >= 11 is 7.41. The molecule has 0 radical (unpaired) electrons. The largest absolute Gasteiger partial charge is 0.240 e. The van der Waals surface area contributed by atoms with E-state index in [1.54, 1.807) is 11.3 Å². The van der Waals surface area contributed by atoms with Crippen LogP contribution in [0.1, 0.15) is 25.1 Å². The number of thiazole rings is 1. The van der Waals surface area contributed by atoms with Crippen molar-refractivity contribution in [2.45, 2.75) is 26.1 Å². The number of hydrogen-bond acceptors (Lipinski definition) is 2. The first-order chi connectivity index (χ1) is 8.19. The summed E-state index contributed by atoms with van der Waals surface area (Å²) in [5.74, 6) is 1.19. The minimum Gasteiger partial charge on any atom is -0.240 e. The molecule has 1 nitrogen and oxygen atoms in total. The van der Waals surface area contributed by atoms with Crippen LogP contribution in [0.4, 0.5) is 0 Å². The van der Waals surface area contributed by atoms with Crippen LogP contribution in [0.5, 0.6) is 0 Å². The van der Waals surface area contributed by atoms with Gasteiger partial charge in [0.15, 0.2) is 0 Å². The molecule has 17 heavy (non-hydrogen) atoms. The number of rotatable bonds is 4. The number of alkyl halides is 1. The van der Waals surface area contributed by atoms with Gasteiger partial charge in [0.2, 0.25) is 0 Å². The molecule has 3 heteroatoms. The summed E-state index contributed by atoms with van der Waals surface area (Å²) in [4.78, 5) is 4.48. The third-order valence-electron chi connectivity index (χ3n) is 2.53. The molecule has 0 amide bonds. The minimum absolute atomic E-state index is 0.488. The van der Waals surface area contributed by atoms with Crippen molar-refractivity contribution in [2.24, 2.45) is 5.92 Å². The highest BCUT2D eigenvalue weighted by Crippen LogP contribution is 2.25. The molecule has 1 aromatic carbocycles. The number of halogens is 1. The molecule has 0 aliphatic carbocycles. The fraction of sp³-hybridized carbons (Fsp3) is 0.357. The maximum absolute atomic E-state index is 5.75. The normalized spacial score (nSPS) is 11.1. The lowest BCUT2D eigenvalue weighted by atomic mass is 10.0. The quantitative estimate of drug-likeness (QED) is 0.727. The van der Waals surface area contributed by atoms with Crippen molar-refractivity contribution >= 4 is 22.9 Å². The first-order valence-corrected chi connectivity index (χ1v) is 7.20. The van der Waals surface area contributed by atoms with Gasteiger partial charge in [-0.25, -0.2) is 4.98 Å². The van der Waals surface area contributed by atoms with Crippen LogP contribution < -0.4 is 0 Å². The van der Waals surface area contributed by atoms with Crippen molar-refractivity contribution in [2.75, 3.05) is 0 Å². The lowest BCUT2D eigenvalue weighted by Gasteiger charge is -2.05. The van der Waals surface area contributed by atoms with Gasteiger partial charge >= 0.3 is 0 Å². The first-order valence-electron chi connectivity index (χ1n) is 5.78. The Morgan fingerprint density at radius 3 is 2.47 bits per heavy atom. The Morgan fingerprint density at radius 2 is 1.94 bits per heavy atom. The zero-order valence-electron chi connectivity index (χ0n) is 10.1. The summed E-state index contributed by atoms with van der Waals surface area (Å²) in [6.45, 7) is 4.48. The molecule has 0 N–H and O–H groups in total. The fourth-order valence-corrected chi connectivity index (χ4v) is 2.81. The highest BCUT2D eigenvalue weighted by atomic mass is 35.5. The summed E-state index contributed by atoms with van der Waals surface area (Å²) in [6.07, 6.45) is 1.13. The smallest absolute Gasteiger partial charge is 0.123 e. The van der Waals surface area contributed by atoms with Crippen LogP contribution in [0, 0.1) is 5.92 Å². The Bertz CT molecular complexity index is 473. The van der Waals surface area contributed by atoms with Crippen LogP contribution in [0.3, 0.4) is 0 Å². The van der Waals surface area contributed by atoms with Gasteiger partial charge in [-0.3, -0.25) is 0 Å². The van der Waals surface area contributed by atoms with E-state index in [0.717, 1.165) is 17.1 Å². The number of aromatic nitrogens is 1. The van der Waals surface area contributed by atoms with E-state index in [4.69, 9.17) is 11.6 Å². The minimum atomic E-state index is 0.488. The van der Waals surface area contributed by atoms with Gasteiger partial charge in [0.25, 0.3) is 0 Å². The molecular formula is C14H16ClNS. The van der Waals surface area contributed by atoms with Gasteiger partial charge in [-0.2, -0.15) is 0 Å². The summed E-state index contributed by atoms with van der Waals surface area (Å²) in [5.41, 5.74) is 3.52. The van der Waals surface area contributed by atoms with Gasteiger partial charge in [0.05, 0.1) is 11.6 Å². The molecular weight excluding hydrogens is 250 g/mol. The Hall–Kier alpha value is -0.860. The zero-order valence-corrected chi connectivity index (χ0v) is 11.7. The predicted molar refractivity (Wildman–Crippen MR) is 75.6 cm³/mol. The lowest BCUT2D eigenvalue weighted by Crippen LogP contribution is -1.93. The highest BCUT2D eigenvalue weighted by Gasteiger charge is 2.04. The van der Waals surface area contributed by atoms with Crippen LogP contribution in [-0.4, -0.2) is 4.98 Å². The van der Waals surface area contributed by atoms with Crippen LogP contribution >= 0.6 is 22.9 Å². The third-order valence-corrected chi connectivity index (χ3v) is 3.75. The van der Waals surface area contributed by atoms with Crippen molar-refractivity contribution < 1.29 is 0 Å². The summed E-state index contributed by atoms with van der Waals surface area (Å²) < 4.78 is 0. The van der Waals surface area contributed by atoms with E-state index in [-0.39, 0.29) is 0 Å². The van der Waals surface area contributed by atoms with Crippen molar-refractivity contribution in [3.8, 4) is 10.6 Å². The van der Waals surface area contributed by atoms with E-state index in [1.165, 1.54) is 11.1 Å². The zero-order chi connectivity index (χ0) is 12.3. The van der Waals surface area contributed by atoms with E-state index in [1.807, 2.05) is 5.38 Å². The second kappa shape index (κ2) is 5.65. The Balaban J connectivity index is 2.17. The summed E-state index contributed by atoms with van der Waals surface area (Å²) in [7, 11) is 0. The SMILES string of the molecule is CC(C)Cc1ccc(-c2nc(CCl)cs2)cc1. The molecule has 0 spiro atoms. The highest BCUT2D eigenvalue weighted by molar-refractivity contribution is 7.13. The molecule has 1 heterocycles. The summed E-state index contributed by atoms with van der Waals surface area (Å²) in [6, 6.07) is 8.68. The second-order valence-electron chi connectivity index (χ2n) is 4.57. The van der Waals surface area contributed by atoms with Gasteiger partial charge in [0, 0.05) is 10.9 Å².